The molecule has 0 radical (unpaired) electrons. The van der Waals surface area contributed by atoms with E-state index in [0.29, 0.717) is 11.3 Å². The number of rotatable bonds is 6. The van der Waals surface area contributed by atoms with E-state index >= 15 is 0 Å². The predicted molar refractivity (Wildman–Crippen MR) is 77.3 cm³/mol. The summed E-state index contributed by atoms with van der Waals surface area (Å²) in [6, 6.07) is 6.27. The Balaban J connectivity index is 2.93. The first-order valence-corrected chi connectivity index (χ1v) is 7.78. The Morgan fingerprint density at radius 1 is 1.30 bits per heavy atom. The average Bonchev–Trinajstić information content (AvgIpc) is 2.37. The number of sulfonamides is 1. The summed E-state index contributed by atoms with van der Waals surface area (Å²) >= 11 is 0. The number of anilines is 1. The highest BCUT2D eigenvalue weighted by Crippen LogP contribution is 2.15. The van der Waals surface area contributed by atoms with E-state index in [1.807, 2.05) is 0 Å². The van der Waals surface area contributed by atoms with E-state index in [1.165, 1.54) is 7.11 Å². The number of hydrogen-bond acceptors (Lipinski definition) is 5. The smallest absolute Gasteiger partial charge is 0.321 e. The number of methoxy groups -OCH3 is 1. The Kier molecular flexibility index (Phi) is 5.52. The summed E-state index contributed by atoms with van der Waals surface area (Å²) in [5.74, 6) is -0.762. The minimum absolute atomic E-state index is 0.178. The fraction of sp³-hybridized carbons (Fsp3) is 0.462. The first-order valence-electron chi connectivity index (χ1n) is 6.17. The first-order chi connectivity index (χ1) is 9.26. The maximum atomic E-state index is 12.4. The summed E-state index contributed by atoms with van der Waals surface area (Å²) in [5, 5.41) is 0. The van der Waals surface area contributed by atoms with E-state index in [-0.39, 0.29) is 18.3 Å². The second-order valence-corrected chi connectivity index (χ2v) is 6.63. The average molecular weight is 300 g/mol. The zero-order valence-corrected chi connectivity index (χ0v) is 12.7. The number of ether oxygens (including phenoxy) is 1. The van der Waals surface area contributed by atoms with Gasteiger partial charge in [0.15, 0.2) is 0 Å². The van der Waals surface area contributed by atoms with E-state index in [9.17, 15) is 13.2 Å². The number of carbonyl (C=O) groups is 1. The molecular weight excluding hydrogens is 280 g/mol. The van der Waals surface area contributed by atoms with Crippen LogP contribution in [0.5, 0.6) is 0 Å². The molecule has 112 valence electrons. The third kappa shape index (κ3) is 4.50. The Morgan fingerprint density at radius 2 is 1.85 bits per heavy atom. The van der Waals surface area contributed by atoms with Gasteiger partial charge >= 0.3 is 5.97 Å². The van der Waals surface area contributed by atoms with Gasteiger partial charge in [-0.1, -0.05) is 12.1 Å². The third-order valence-electron chi connectivity index (χ3n) is 2.77. The molecule has 0 atom stereocenters. The number of nitrogens with two attached hydrogens (primary N) is 1. The Labute approximate surface area is 119 Å². The van der Waals surface area contributed by atoms with Crippen LogP contribution >= 0.6 is 0 Å². The van der Waals surface area contributed by atoms with Gasteiger partial charge in [0.05, 0.1) is 12.9 Å². The Bertz CT molecular complexity index is 552. The molecule has 6 nitrogen and oxygen atoms in total. The molecule has 1 aromatic rings. The zero-order chi connectivity index (χ0) is 15.3. The van der Waals surface area contributed by atoms with Crippen molar-refractivity contribution in [2.24, 2.45) is 0 Å². The van der Waals surface area contributed by atoms with Gasteiger partial charge in [0.1, 0.15) is 6.54 Å². The van der Waals surface area contributed by atoms with Crippen LogP contribution in [0.1, 0.15) is 19.4 Å². The van der Waals surface area contributed by atoms with Crippen LogP contribution in [0, 0.1) is 0 Å². The molecule has 2 N–H and O–H groups in total. The van der Waals surface area contributed by atoms with Crippen LogP contribution in [0.15, 0.2) is 24.3 Å². The second-order valence-electron chi connectivity index (χ2n) is 4.71. The Morgan fingerprint density at radius 3 is 2.30 bits per heavy atom. The van der Waals surface area contributed by atoms with Crippen LogP contribution in [0.4, 0.5) is 5.69 Å². The molecule has 0 amide bonds. The quantitative estimate of drug-likeness (QED) is 0.625. The van der Waals surface area contributed by atoms with E-state index < -0.39 is 16.0 Å². The van der Waals surface area contributed by atoms with Crippen molar-refractivity contribution in [1.82, 2.24) is 4.31 Å². The predicted octanol–water partition coefficient (Wildman–Crippen LogP) is 0.982. The normalized spacial score (nSPS) is 11.8. The van der Waals surface area contributed by atoms with Crippen molar-refractivity contribution in [2.75, 3.05) is 19.4 Å². The molecule has 0 spiro atoms. The fourth-order valence-corrected chi connectivity index (χ4v) is 3.43. The Hall–Kier alpha value is -1.60. The lowest BCUT2D eigenvalue weighted by Crippen LogP contribution is -2.41. The molecule has 0 saturated heterocycles. The van der Waals surface area contributed by atoms with Crippen LogP contribution in [0.3, 0.4) is 0 Å². The summed E-state index contributed by atoms with van der Waals surface area (Å²) in [7, 11) is -2.37. The van der Waals surface area contributed by atoms with Gasteiger partial charge in [-0.15, -0.1) is 0 Å². The summed E-state index contributed by atoms with van der Waals surface area (Å²) in [4.78, 5) is 11.3. The van der Waals surface area contributed by atoms with Crippen molar-refractivity contribution < 1.29 is 17.9 Å². The standard InChI is InChI=1S/C13H20N2O4S/c1-10(2)15(8-13(16)19-3)20(17,18)9-11-4-6-12(14)7-5-11/h4-7,10H,8-9,14H2,1-3H3. The highest BCUT2D eigenvalue weighted by Gasteiger charge is 2.27. The van der Waals surface area contributed by atoms with Crippen molar-refractivity contribution in [1.29, 1.82) is 0 Å². The number of esters is 1. The number of nitrogens with zero attached hydrogens (tertiary/aromatic N) is 1. The molecule has 0 saturated carbocycles. The van der Waals surface area contributed by atoms with Gasteiger partial charge in [0.25, 0.3) is 0 Å². The van der Waals surface area contributed by atoms with Crippen molar-refractivity contribution in [3.8, 4) is 0 Å². The monoisotopic (exact) mass is 300 g/mol. The molecule has 1 aromatic carbocycles. The minimum atomic E-state index is -3.60. The van der Waals surface area contributed by atoms with E-state index in [0.717, 1.165) is 4.31 Å². The maximum Gasteiger partial charge on any atom is 0.321 e. The lowest BCUT2D eigenvalue weighted by Gasteiger charge is -2.24. The van der Waals surface area contributed by atoms with Gasteiger partial charge in [-0.3, -0.25) is 4.79 Å². The zero-order valence-electron chi connectivity index (χ0n) is 11.9. The SMILES string of the molecule is COC(=O)CN(C(C)C)S(=O)(=O)Cc1ccc(N)cc1. The van der Waals surface area contributed by atoms with Crippen LogP contribution in [0.2, 0.25) is 0 Å². The van der Waals surface area contributed by atoms with Crippen LogP contribution in [-0.2, 0) is 25.3 Å². The van der Waals surface area contributed by atoms with Gasteiger partial charge in [-0.2, -0.15) is 4.31 Å². The number of carbonyl (C=O) groups excluding carboxylic acids is 1. The number of hydrogen-bond donors (Lipinski definition) is 1. The van der Waals surface area contributed by atoms with Crippen molar-refractivity contribution >= 4 is 21.7 Å². The van der Waals surface area contributed by atoms with E-state index in [1.54, 1.807) is 38.1 Å². The molecule has 0 bridgehead atoms. The highest BCUT2D eigenvalue weighted by atomic mass is 32.2. The number of benzene rings is 1. The summed E-state index contributed by atoms with van der Waals surface area (Å²) in [6.45, 7) is 3.14. The molecular formula is C13H20N2O4S. The van der Waals surface area contributed by atoms with Gasteiger partial charge in [0, 0.05) is 11.7 Å². The number of nitrogen functional groups attached to an aromatic ring is 1. The molecule has 0 aliphatic heterocycles. The highest BCUT2D eigenvalue weighted by molar-refractivity contribution is 7.88. The van der Waals surface area contributed by atoms with Crippen LogP contribution < -0.4 is 5.73 Å². The van der Waals surface area contributed by atoms with Gasteiger partial charge < -0.3 is 10.5 Å². The largest absolute Gasteiger partial charge is 0.468 e. The molecule has 7 heteroatoms. The van der Waals surface area contributed by atoms with Crippen molar-refractivity contribution in [3.05, 3.63) is 29.8 Å². The third-order valence-corrected chi connectivity index (χ3v) is 4.74. The molecule has 0 heterocycles. The molecule has 0 fully saturated rings. The lowest BCUT2D eigenvalue weighted by atomic mass is 10.2. The van der Waals surface area contributed by atoms with Crippen molar-refractivity contribution in [2.45, 2.75) is 25.6 Å². The van der Waals surface area contributed by atoms with Crippen LogP contribution in [-0.4, -0.2) is 38.4 Å². The van der Waals surface area contributed by atoms with Gasteiger partial charge in [0.2, 0.25) is 10.0 Å². The van der Waals surface area contributed by atoms with Crippen LogP contribution in [0.25, 0.3) is 0 Å². The second kappa shape index (κ2) is 6.71. The van der Waals surface area contributed by atoms with E-state index in [2.05, 4.69) is 4.74 Å². The topological polar surface area (TPSA) is 89.7 Å². The molecule has 0 aliphatic rings. The molecule has 0 aliphatic carbocycles. The maximum absolute atomic E-state index is 12.4. The lowest BCUT2D eigenvalue weighted by molar-refractivity contribution is -0.141. The minimum Gasteiger partial charge on any atom is -0.468 e. The summed E-state index contributed by atoms with van der Waals surface area (Å²) in [5.41, 5.74) is 6.75. The first kappa shape index (κ1) is 16.5. The molecule has 0 unspecified atom stereocenters. The van der Waals surface area contributed by atoms with Gasteiger partial charge in [-0.05, 0) is 31.5 Å². The van der Waals surface area contributed by atoms with Gasteiger partial charge in [-0.25, -0.2) is 8.42 Å². The summed E-state index contributed by atoms with van der Waals surface area (Å²) in [6.07, 6.45) is 0. The molecule has 1 rings (SSSR count). The molecule has 20 heavy (non-hydrogen) atoms. The fourth-order valence-electron chi connectivity index (χ4n) is 1.70. The summed E-state index contributed by atoms with van der Waals surface area (Å²) < 4.78 is 30.4. The van der Waals surface area contributed by atoms with E-state index in [4.69, 9.17) is 5.73 Å². The molecule has 0 aromatic heterocycles. The van der Waals surface area contributed by atoms with Crippen molar-refractivity contribution in [3.63, 3.8) is 0 Å².